The monoisotopic (exact) mass is 383 g/mol. The van der Waals surface area contributed by atoms with Gasteiger partial charge in [-0.25, -0.2) is 9.97 Å². The van der Waals surface area contributed by atoms with E-state index in [1.807, 2.05) is 41.8 Å². The fourth-order valence-corrected chi connectivity index (χ4v) is 4.24. The molecule has 1 N–H and O–H groups in total. The van der Waals surface area contributed by atoms with Crippen LogP contribution in [0.5, 0.6) is 0 Å². The molecule has 1 aliphatic carbocycles. The van der Waals surface area contributed by atoms with Gasteiger partial charge >= 0.3 is 0 Å². The molecule has 0 fully saturated rings. The average Bonchev–Trinajstić information content (AvgIpc) is 3.28. The molecule has 28 heavy (non-hydrogen) atoms. The summed E-state index contributed by atoms with van der Waals surface area (Å²) in [5.41, 5.74) is 5.60. The van der Waals surface area contributed by atoms with Crippen LogP contribution in [0.2, 0.25) is 0 Å². The molecule has 0 aliphatic heterocycles. The molecule has 0 bridgehead atoms. The third kappa shape index (κ3) is 3.00. The third-order valence-electron chi connectivity index (χ3n) is 4.89. The fourth-order valence-electron chi connectivity index (χ4n) is 3.52. The Bertz CT molecular complexity index is 1150. The molecule has 0 saturated heterocycles. The molecule has 0 unspecified atom stereocenters. The van der Waals surface area contributed by atoms with Gasteiger partial charge < -0.3 is 5.32 Å². The third-order valence-corrected chi connectivity index (χ3v) is 5.77. The summed E-state index contributed by atoms with van der Waals surface area (Å²) in [6.07, 6.45) is 1.75. The molecule has 2 heterocycles. The Morgan fingerprint density at radius 1 is 0.857 bits per heavy atom. The fraction of sp³-hybridized carbons (Fsp3) is 0.0870. The maximum absolute atomic E-state index is 12.7. The number of thiophene rings is 1. The van der Waals surface area contributed by atoms with E-state index in [0.29, 0.717) is 11.4 Å². The van der Waals surface area contributed by atoms with Crippen LogP contribution in [0.3, 0.4) is 0 Å². The van der Waals surface area contributed by atoms with Gasteiger partial charge in [0.1, 0.15) is 5.69 Å². The zero-order chi connectivity index (χ0) is 18.9. The maximum Gasteiger partial charge on any atom is 0.256 e. The molecule has 4 nitrogen and oxygen atoms in total. The molecule has 0 saturated carbocycles. The van der Waals surface area contributed by atoms with Crippen molar-refractivity contribution in [2.45, 2.75) is 12.8 Å². The van der Waals surface area contributed by atoms with Crippen LogP contribution in [0.1, 0.15) is 21.6 Å². The van der Waals surface area contributed by atoms with Gasteiger partial charge in [0, 0.05) is 11.1 Å². The lowest BCUT2D eigenvalue weighted by molar-refractivity contribution is 0.102. The first-order valence-corrected chi connectivity index (χ1v) is 10.1. The normalized spacial score (nSPS) is 12.1. The molecule has 5 rings (SSSR count). The standard InChI is InChI=1S/C23H17N3OS/c27-23(16-8-2-1-3-9-16)26-22-21(19-11-6-14-28-19)25-20-17-10-5-4-7-15(17)12-13-18(20)24-22/h1-11,14H,12-13H2,(H,24,26,27). The van der Waals surface area contributed by atoms with E-state index in [9.17, 15) is 4.79 Å². The minimum atomic E-state index is -0.177. The van der Waals surface area contributed by atoms with Gasteiger partial charge in [-0.05, 0) is 42.0 Å². The van der Waals surface area contributed by atoms with Crippen LogP contribution in [0, 0.1) is 0 Å². The van der Waals surface area contributed by atoms with E-state index in [-0.39, 0.29) is 5.91 Å². The Labute approximate surface area is 166 Å². The summed E-state index contributed by atoms with van der Waals surface area (Å²) in [6.45, 7) is 0. The van der Waals surface area contributed by atoms with Crippen LogP contribution in [0.25, 0.3) is 21.8 Å². The highest BCUT2D eigenvalue weighted by Gasteiger charge is 2.23. The van der Waals surface area contributed by atoms with Crippen LogP contribution < -0.4 is 5.32 Å². The molecule has 5 heteroatoms. The summed E-state index contributed by atoms with van der Waals surface area (Å²) in [5, 5.41) is 4.99. The molecule has 4 aromatic rings. The second-order valence-electron chi connectivity index (χ2n) is 6.67. The van der Waals surface area contributed by atoms with E-state index < -0.39 is 0 Å². The Hall–Kier alpha value is -3.31. The van der Waals surface area contributed by atoms with E-state index in [0.717, 1.165) is 40.4 Å². The van der Waals surface area contributed by atoms with Crippen LogP contribution in [0.15, 0.2) is 72.1 Å². The summed E-state index contributed by atoms with van der Waals surface area (Å²) >= 11 is 1.59. The van der Waals surface area contributed by atoms with Crippen molar-refractivity contribution in [3.63, 3.8) is 0 Å². The quantitative estimate of drug-likeness (QED) is 0.527. The lowest BCUT2D eigenvalue weighted by Crippen LogP contribution is -2.17. The molecule has 0 atom stereocenters. The topological polar surface area (TPSA) is 54.9 Å². The number of carbonyl (C=O) groups is 1. The maximum atomic E-state index is 12.7. The SMILES string of the molecule is O=C(Nc1nc2c(nc1-c1cccs1)-c1ccccc1CC2)c1ccccc1. The first-order chi connectivity index (χ1) is 13.8. The minimum absolute atomic E-state index is 0.177. The van der Waals surface area contributed by atoms with Crippen molar-refractivity contribution in [3.05, 3.63) is 88.9 Å². The molecular formula is C23H17N3OS. The summed E-state index contributed by atoms with van der Waals surface area (Å²) in [5.74, 6) is 0.346. The summed E-state index contributed by atoms with van der Waals surface area (Å²) in [4.78, 5) is 23.5. The lowest BCUT2D eigenvalue weighted by atomic mass is 9.92. The van der Waals surface area contributed by atoms with Gasteiger partial charge in [0.2, 0.25) is 0 Å². The lowest BCUT2D eigenvalue weighted by Gasteiger charge is -2.20. The highest BCUT2D eigenvalue weighted by molar-refractivity contribution is 7.13. The van der Waals surface area contributed by atoms with Gasteiger partial charge in [0.05, 0.1) is 16.3 Å². The van der Waals surface area contributed by atoms with E-state index >= 15 is 0 Å². The van der Waals surface area contributed by atoms with E-state index in [4.69, 9.17) is 9.97 Å². The van der Waals surface area contributed by atoms with Gasteiger partial charge in [-0.1, -0.05) is 48.5 Å². The van der Waals surface area contributed by atoms with Gasteiger partial charge in [-0.15, -0.1) is 11.3 Å². The number of benzene rings is 2. The zero-order valence-corrected chi connectivity index (χ0v) is 15.9. The molecule has 2 aromatic heterocycles. The number of amides is 1. The number of anilines is 1. The van der Waals surface area contributed by atoms with E-state index in [1.165, 1.54) is 5.56 Å². The Morgan fingerprint density at radius 2 is 1.68 bits per heavy atom. The minimum Gasteiger partial charge on any atom is -0.305 e. The molecule has 0 spiro atoms. The van der Waals surface area contributed by atoms with Gasteiger partial charge in [-0.2, -0.15) is 0 Å². The van der Waals surface area contributed by atoms with Crippen molar-refractivity contribution in [2.75, 3.05) is 5.32 Å². The van der Waals surface area contributed by atoms with Crippen LogP contribution in [0.4, 0.5) is 5.82 Å². The van der Waals surface area contributed by atoms with Crippen molar-refractivity contribution >= 4 is 23.1 Å². The van der Waals surface area contributed by atoms with E-state index in [1.54, 1.807) is 23.5 Å². The van der Waals surface area contributed by atoms with Crippen molar-refractivity contribution in [1.29, 1.82) is 0 Å². The predicted octanol–water partition coefficient (Wildman–Crippen LogP) is 5.22. The predicted molar refractivity (Wildman–Crippen MR) is 113 cm³/mol. The number of fused-ring (bicyclic) bond motifs is 3. The number of hydrogen-bond acceptors (Lipinski definition) is 4. The number of hydrogen-bond donors (Lipinski definition) is 1. The molecular weight excluding hydrogens is 366 g/mol. The number of nitrogens with one attached hydrogen (secondary N) is 1. The van der Waals surface area contributed by atoms with Crippen LogP contribution in [-0.2, 0) is 12.8 Å². The largest absolute Gasteiger partial charge is 0.305 e. The number of aryl methyl sites for hydroxylation is 2. The molecule has 1 aliphatic rings. The number of carbonyl (C=O) groups excluding carboxylic acids is 1. The Morgan fingerprint density at radius 3 is 2.50 bits per heavy atom. The van der Waals surface area contributed by atoms with Crippen LogP contribution >= 0.6 is 11.3 Å². The number of nitrogens with zero attached hydrogens (tertiary/aromatic N) is 2. The zero-order valence-electron chi connectivity index (χ0n) is 15.1. The van der Waals surface area contributed by atoms with Crippen molar-refractivity contribution < 1.29 is 4.79 Å². The molecule has 136 valence electrons. The highest BCUT2D eigenvalue weighted by Crippen LogP contribution is 2.36. The van der Waals surface area contributed by atoms with E-state index in [2.05, 4.69) is 23.5 Å². The van der Waals surface area contributed by atoms with Crippen LogP contribution in [-0.4, -0.2) is 15.9 Å². The second kappa shape index (κ2) is 7.02. The second-order valence-corrected chi connectivity index (χ2v) is 7.62. The highest BCUT2D eigenvalue weighted by atomic mass is 32.1. The first kappa shape index (κ1) is 16.8. The summed E-state index contributed by atoms with van der Waals surface area (Å²) in [6, 6.07) is 21.5. The number of aromatic nitrogens is 2. The van der Waals surface area contributed by atoms with Crippen molar-refractivity contribution in [2.24, 2.45) is 0 Å². The smallest absolute Gasteiger partial charge is 0.256 e. The van der Waals surface area contributed by atoms with Gasteiger partial charge in [0.15, 0.2) is 5.82 Å². The first-order valence-electron chi connectivity index (χ1n) is 9.19. The summed E-state index contributed by atoms with van der Waals surface area (Å²) < 4.78 is 0. The number of rotatable bonds is 3. The van der Waals surface area contributed by atoms with Crippen molar-refractivity contribution in [1.82, 2.24) is 9.97 Å². The van der Waals surface area contributed by atoms with Crippen molar-refractivity contribution in [3.8, 4) is 21.8 Å². The molecule has 2 aromatic carbocycles. The van der Waals surface area contributed by atoms with Gasteiger partial charge in [-0.3, -0.25) is 4.79 Å². The van der Waals surface area contributed by atoms with Gasteiger partial charge in [0.25, 0.3) is 5.91 Å². The molecule has 1 amide bonds. The Kier molecular flexibility index (Phi) is 4.22. The Balaban J connectivity index is 1.63. The average molecular weight is 383 g/mol. The molecule has 0 radical (unpaired) electrons. The summed E-state index contributed by atoms with van der Waals surface area (Å²) in [7, 11) is 0.